The summed E-state index contributed by atoms with van der Waals surface area (Å²) in [5.74, 6) is 0.859. The topological polar surface area (TPSA) is 58.4 Å². The molecule has 0 unspecified atom stereocenters. The van der Waals surface area contributed by atoms with Crippen LogP contribution in [-0.2, 0) is 0 Å². The molecule has 6 heteroatoms. The van der Waals surface area contributed by atoms with Gasteiger partial charge in [-0.25, -0.2) is 0 Å². The zero-order valence-corrected chi connectivity index (χ0v) is 15.9. The van der Waals surface area contributed by atoms with Gasteiger partial charge in [0.15, 0.2) is 0 Å². The van der Waals surface area contributed by atoms with E-state index in [0.717, 1.165) is 31.8 Å². The van der Waals surface area contributed by atoms with Gasteiger partial charge in [0.2, 0.25) is 0 Å². The van der Waals surface area contributed by atoms with Crippen molar-refractivity contribution in [2.24, 2.45) is 5.92 Å². The number of likely N-dealkylation sites (tertiary alicyclic amines) is 1. The monoisotopic (exact) mass is 365 g/mol. The first-order valence-corrected chi connectivity index (χ1v) is 9.71. The molecule has 138 valence electrons. The number of hydrogen-bond donors (Lipinski definition) is 1. The summed E-state index contributed by atoms with van der Waals surface area (Å²) in [6.07, 6.45) is 7.26. The lowest BCUT2D eigenvalue weighted by Crippen LogP contribution is -2.53. The number of hydrogen-bond acceptors (Lipinski definition) is 4. The number of piperidine rings is 1. The second kappa shape index (κ2) is 7.50. The number of rotatable bonds is 4. The predicted molar refractivity (Wildman–Crippen MR) is 102 cm³/mol. The van der Waals surface area contributed by atoms with Crippen molar-refractivity contribution in [3.8, 4) is 0 Å². The van der Waals surface area contributed by atoms with Crippen LogP contribution in [0.15, 0.2) is 18.2 Å². The molecule has 1 aliphatic heterocycles. The highest BCUT2D eigenvalue weighted by Gasteiger charge is 2.37. The maximum atomic E-state index is 11.2. The Balaban J connectivity index is 1.59. The highest BCUT2D eigenvalue weighted by Crippen LogP contribution is 2.38. The van der Waals surface area contributed by atoms with Crippen molar-refractivity contribution >= 4 is 23.0 Å². The fraction of sp³-hybridized carbons (Fsp3) is 0.684. The molecule has 5 nitrogen and oxygen atoms in total. The van der Waals surface area contributed by atoms with Crippen LogP contribution in [0.25, 0.3) is 0 Å². The van der Waals surface area contributed by atoms with Crippen LogP contribution < -0.4 is 5.32 Å². The number of nitro benzene ring substituents is 1. The summed E-state index contributed by atoms with van der Waals surface area (Å²) in [5.41, 5.74) is 0.970. The van der Waals surface area contributed by atoms with Gasteiger partial charge in [0, 0.05) is 35.8 Å². The zero-order valence-electron chi connectivity index (χ0n) is 15.1. The molecule has 1 N–H and O–H groups in total. The number of benzene rings is 1. The van der Waals surface area contributed by atoms with Crippen LogP contribution in [0.4, 0.5) is 11.4 Å². The molecule has 0 atom stereocenters. The van der Waals surface area contributed by atoms with Gasteiger partial charge in [-0.2, -0.15) is 0 Å². The van der Waals surface area contributed by atoms with Gasteiger partial charge in [-0.1, -0.05) is 18.5 Å². The van der Waals surface area contributed by atoms with E-state index in [2.05, 4.69) is 24.1 Å². The van der Waals surface area contributed by atoms with Gasteiger partial charge in [0.05, 0.1) is 4.92 Å². The van der Waals surface area contributed by atoms with Gasteiger partial charge in [-0.15, -0.1) is 0 Å². The highest BCUT2D eigenvalue weighted by atomic mass is 35.5. The number of nitrogens with zero attached hydrogens (tertiary/aromatic N) is 2. The van der Waals surface area contributed by atoms with Crippen molar-refractivity contribution < 1.29 is 4.92 Å². The molecular formula is C19H28ClN3O2. The van der Waals surface area contributed by atoms with Crippen LogP contribution >= 0.6 is 11.6 Å². The molecular weight excluding hydrogens is 338 g/mol. The molecule has 0 spiro atoms. The minimum Gasteiger partial charge on any atom is -0.377 e. The molecule has 3 rings (SSSR count). The van der Waals surface area contributed by atoms with E-state index in [1.54, 1.807) is 12.1 Å². The molecule has 1 saturated heterocycles. The van der Waals surface area contributed by atoms with E-state index in [1.165, 1.54) is 31.7 Å². The first-order chi connectivity index (χ1) is 11.9. The summed E-state index contributed by atoms with van der Waals surface area (Å²) in [5, 5.41) is 15.0. The summed E-state index contributed by atoms with van der Waals surface area (Å²) in [7, 11) is 0. The van der Waals surface area contributed by atoms with Gasteiger partial charge >= 0.3 is 0 Å². The molecule has 0 amide bonds. The largest absolute Gasteiger partial charge is 0.377 e. The predicted octanol–water partition coefficient (Wildman–Crippen LogP) is 5.09. The van der Waals surface area contributed by atoms with Crippen molar-refractivity contribution in [2.45, 2.75) is 64.0 Å². The Hall–Kier alpha value is -1.33. The molecule has 0 radical (unpaired) electrons. The van der Waals surface area contributed by atoms with E-state index in [1.807, 2.05) is 0 Å². The fourth-order valence-electron chi connectivity index (χ4n) is 4.26. The van der Waals surface area contributed by atoms with E-state index in [4.69, 9.17) is 11.6 Å². The fourth-order valence-corrected chi connectivity index (χ4v) is 4.43. The van der Waals surface area contributed by atoms with Gasteiger partial charge in [0.25, 0.3) is 5.69 Å². The van der Waals surface area contributed by atoms with E-state index in [9.17, 15) is 10.1 Å². The minimum atomic E-state index is -0.367. The Morgan fingerprint density at radius 3 is 2.48 bits per heavy atom. The summed E-state index contributed by atoms with van der Waals surface area (Å²) >= 11 is 5.90. The third kappa shape index (κ3) is 4.26. The maximum Gasteiger partial charge on any atom is 0.293 e. The van der Waals surface area contributed by atoms with Gasteiger partial charge in [0.1, 0.15) is 5.69 Å². The Bertz CT molecular complexity index is 621. The molecule has 1 aromatic carbocycles. The molecule has 1 heterocycles. The lowest BCUT2D eigenvalue weighted by molar-refractivity contribution is -0.384. The molecule has 25 heavy (non-hydrogen) atoms. The lowest BCUT2D eigenvalue weighted by Gasteiger charge is -2.48. The number of nitrogens with one attached hydrogen (secondary N) is 1. The van der Waals surface area contributed by atoms with E-state index >= 15 is 0 Å². The summed E-state index contributed by atoms with van der Waals surface area (Å²) in [4.78, 5) is 13.5. The van der Waals surface area contributed by atoms with Crippen LogP contribution in [-0.4, -0.2) is 34.5 Å². The zero-order chi connectivity index (χ0) is 18.0. The quantitative estimate of drug-likeness (QED) is 0.596. The number of halogens is 1. The third-order valence-electron chi connectivity index (χ3n) is 6.13. The second-order valence-electron chi connectivity index (χ2n) is 8.00. The molecule has 0 bridgehead atoms. The van der Waals surface area contributed by atoms with Crippen LogP contribution in [0.5, 0.6) is 0 Å². The Morgan fingerprint density at radius 2 is 1.88 bits per heavy atom. The Morgan fingerprint density at radius 1 is 1.24 bits per heavy atom. The third-order valence-corrected chi connectivity index (χ3v) is 6.36. The van der Waals surface area contributed by atoms with E-state index in [0.29, 0.717) is 16.2 Å². The Labute approximate surface area is 154 Å². The lowest BCUT2D eigenvalue weighted by atomic mass is 9.76. The standard InChI is InChI=1S/C19H28ClN3O2/c1-14-5-9-19(2,10-6-14)22-11-7-16(8-12-22)21-17-4-3-15(20)13-18(17)23(24)25/h3-4,13-14,16,21H,5-12H2,1-2H3. The van der Waals surface area contributed by atoms with Gasteiger partial charge in [-0.3, -0.25) is 15.0 Å². The van der Waals surface area contributed by atoms with Crippen molar-refractivity contribution in [1.82, 2.24) is 4.90 Å². The smallest absolute Gasteiger partial charge is 0.293 e. The van der Waals surface area contributed by atoms with E-state index in [-0.39, 0.29) is 16.7 Å². The maximum absolute atomic E-state index is 11.2. The van der Waals surface area contributed by atoms with Gasteiger partial charge < -0.3 is 5.32 Å². The second-order valence-corrected chi connectivity index (χ2v) is 8.44. The van der Waals surface area contributed by atoms with E-state index < -0.39 is 0 Å². The highest BCUT2D eigenvalue weighted by molar-refractivity contribution is 6.30. The SMILES string of the molecule is CC1CCC(C)(N2CCC(Nc3ccc(Cl)cc3[N+](=O)[O-])CC2)CC1. The van der Waals surface area contributed by atoms with Crippen LogP contribution in [0, 0.1) is 16.0 Å². The van der Waals surface area contributed by atoms with Crippen LogP contribution in [0.1, 0.15) is 52.4 Å². The molecule has 0 aromatic heterocycles. The summed E-state index contributed by atoms with van der Waals surface area (Å²) in [6, 6.07) is 5.12. The Kier molecular flexibility index (Phi) is 5.54. The minimum absolute atomic E-state index is 0.0585. The number of nitro groups is 1. The average Bonchev–Trinajstić information content (AvgIpc) is 2.60. The normalized spacial score (nSPS) is 28.7. The average molecular weight is 366 g/mol. The van der Waals surface area contributed by atoms with Crippen molar-refractivity contribution in [2.75, 3.05) is 18.4 Å². The number of anilines is 1. The first kappa shape index (κ1) is 18.5. The van der Waals surface area contributed by atoms with Gasteiger partial charge in [-0.05, 0) is 63.5 Å². The molecule has 1 aromatic rings. The molecule has 2 fully saturated rings. The summed E-state index contributed by atoms with van der Waals surface area (Å²) < 4.78 is 0. The molecule has 1 aliphatic carbocycles. The first-order valence-electron chi connectivity index (χ1n) is 9.33. The van der Waals surface area contributed by atoms with Crippen molar-refractivity contribution in [1.29, 1.82) is 0 Å². The van der Waals surface area contributed by atoms with Crippen LogP contribution in [0.2, 0.25) is 5.02 Å². The van der Waals surface area contributed by atoms with Crippen molar-refractivity contribution in [3.05, 3.63) is 33.3 Å². The molecule has 2 aliphatic rings. The van der Waals surface area contributed by atoms with Crippen molar-refractivity contribution in [3.63, 3.8) is 0 Å². The van der Waals surface area contributed by atoms with Crippen LogP contribution in [0.3, 0.4) is 0 Å². The summed E-state index contributed by atoms with van der Waals surface area (Å²) in [6.45, 7) is 6.89. The molecule has 1 saturated carbocycles.